The Morgan fingerprint density at radius 2 is 1.78 bits per heavy atom. The van der Waals surface area contributed by atoms with Crippen molar-refractivity contribution in [2.75, 3.05) is 0 Å². The lowest BCUT2D eigenvalue weighted by atomic mass is 9.96. The van der Waals surface area contributed by atoms with E-state index in [0.29, 0.717) is 11.4 Å². The van der Waals surface area contributed by atoms with Crippen molar-refractivity contribution < 1.29 is 14.3 Å². The number of carbonyl (C=O) groups excluding carboxylic acids is 1. The number of aldehydes is 1. The third-order valence-electron chi connectivity index (χ3n) is 3.56. The predicted molar refractivity (Wildman–Crippen MR) is 68.8 cm³/mol. The highest BCUT2D eigenvalue weighted by Gasteiger charge is 2.34. The summed E-state index contributed by atoms with van der Waals surface area (Å²) in [6.07, 6.45) is 3.09. The molecule has 3 nitrogen and oxygen atoms in total. The first-order chi connectivity index (χ1) is 8.61. The molecule has 18 heavy (non-hydrogen) atoms. The summed E-state index contributed by atoms with van der Waals surface area (Å²) in [5.74, 6) is 1.58. The largest absolute Gasteiger partial charge is 0.490 e. The van der Waals surface area contributed by atoms with Crippen molar-refractivity contribution in [3.63, 3.8) is 0 Å². The normalized spacial score (nSPS) is 24.2. The average molecular weight is 267 g/mol. The van der Waals surface area contributed by atoms with Gasteiger partial charge in [0.1, 0.15) is 30.0 Å². The molecule has 2 heterocycles. The smallest absolute Gasteiger partial charge is 0.142 e. The Balaban J connectivity index is 2.22. The maximum atomic E-state index is 10.9. The number of carbonyl (C=O) groups is 1. The van der Waals surface area contributed by atoms with Crippen molar-refractivity contribution in [1.82, 2.24) is 0 Å². The first-order valence-corrected chi connectivity index (χ1v) is 6.62. The van der Waals surface area contributed by atoms with E-state index in [1.807, 2.05) is 13.8 Å². The summed E-state index contributed by atoms with van der Waals surface area (Å²) >= 11 is 6.41. The second-order valence-corrected chi connectivity index (χ2v) is 5.42. The Kier molecular flexibility index (Phi) is 2.74. The topological polar surface area (TPSA) is 35.5 Å². The molecular formula is C14H15ClO3. The van der Waals surface area contributed by atoms with Gasteiger partial charge in [-0.05, 0) is 13.8 Å². The van der Waals surface area contributed by atoms with Crippen LogP contribution in [0.2, 0.25) is 5.02 Å². The van der Waals surface area contributed by atoms with Crippen molar-refractivity contribution in [3.05, 3.63) is 21.7 Å². The monoisotopic (exact) mass is 266 g/mol. The van der Waals surface area contributed by atoms with E-state index < -0.39 is 0 Å². The quantitative estimate of drug-likeness (QED) is 0.772. The van der Waals surface area contributed by atoms with Crippen LogP contribution in [-0.2, 0) is 24.1 Å². The number of ether oxygens (including phenoxy) is 2. The lowest BCUT2D eigenvalue weighted by Gasteiger charge is -2.13. The van der Waals surface area contributed by atoms with Gasteiger partial charge in [0.2, 0.25) is 0 Å². The molecule has 0 saturated heterocycles. The van der Waals surface area contributed by atoms with Crippen LogP contribution in [-0.4, -0.2) is 18.5 Å². The molecule has 2 unspecified atom stereocenters. The fraction of sp³-hybridized carbons (Fsp3) is 0.500. The number of hydrogen-bond acceptors (Lipinski definition) is 3. The van der Waals surface area contributed by atoms with E-state index in [4.69, 9.17) is 21.1 Å². The van der Waals surface area contributed by atoms with Crippen LogP contribution in [0.1, 0.15) is 30.5 Å². The second kappa shape index (κ2) is 4.16. The summed E-state index contributed by atoms with van der Waals surface area (Å²) in [5, 5.41) is 0.670. The van der Waals surface area contributed by atoms with E-state index in [-0.39, 0.29) is 12.2 Å². The molecule has 0 aromatic heterocycles. The summed E-state index contributed by atoms with van der Waals surface area (Å²) in [6.45, 7) is 4.02. The summed E-state index contributed by atoms with van der Waals surface area (Å²) < 4.78 is 11.6. The van der Waals surface area contributed by atoms with Crippen molar-refractivity contribution in [3.8, 4) is 11.5 Å². The van der Waals surface area contributed by atoms with Gasteiger partial charge in [-0.15, -0.1) is 0 Å². The fourth-order valence-corrected chi connectivity index (χ4v) is 3.17. The highest BCUT2D eigenvalue weighted by molar-refractivity contribution is 6.33. The van der Waals surface area contributed by atoms with Crippen molar-refractivity contribution in [2.24, 2.45) is 0 Å². The molecule has 4 heteroatoms. The molecule has 0 bridgehead atoms. The van der Waals surface area contributed by atoms with E-state index in [0.717, 1.165) is 47.3 Å². The zero-order valence-corrected chi connectivity index (χ0v) is 11.2. The highest BCUT2D eigenvalue weighted by Crippen LogP contribution is 2.49. The molecule has 0 N–H and O–H groups in total. The first-order valence-electron chi connectivity index (χ1n) is 6.24. The van der Waals surface area contributed by atoms with Gasteiger partial charge in [-0.3, -0.25) is 0 Å². The van der Waals surface area contributed by atoms with Crippen molar-refractivity contribution in [2.45, 2.75) is 45.3 Å². The zero-order valence-electron chi connectivity index (χ0n) is 10.5. The maximum Gasteiger partial charge on any atom is 0.142 e. The standard InChI is InChI=1S/C14H15ClO3/c1-7-5-10-9(3-4-16)13-11(6-8(2)17-13)12(15)14(10)18-7/h4,7-8H,3,5-6H2,1-2H3. The third kappa shape index (κ3) is 1.61. The van der Waals surface area contributed by atoms with E-state index in [2.05, 4.69) is 0 Å². The Bertz CT molecular complexity index is 485. The van der Waals surface area contributed by atoms with Gasteiger partial charge in [0, 0.05) is 36.0 Å². The molecule has 1 aromatic carbocycles. The van der Waals surface area contributed by atoms with Crippen LogP contribution in [0.15, 0.2) is 0 Å². The summed E-state index contributed by atoms with van der Waals surface area (Å²) in [7, 11) is 0. The third-order valence-corrected chi connectivity index (χ3v) is 3.96. The SMILES string of the molecule is CC1Cc2c(CC=O)c3c(c(Cl)c2O1)CC(C)O3. The number of rotatable bonds is 2. The van der Waals surface area contributed by atoms with Gasteiger partial charge >= 0.3 is 0 Å². The van der Waals surface area contributed by atoms with Crippen LogP contribution < -0.4 is 9.47 Å². The summed E-state index contributed by atoms with van der Waals surface area (Å²) in [6, 6.07) is 0. The number of hydrogen-bond donors (Lipinski definition) is 0. The van der Waals surface area contributed by atoms with Crippen LogP contribution in [0, 0.1) is 0 Å². The Morgan fingerprint density at radius 1 is 1.17 bits per heavy atom. The van der Waals surface area contributed by atoms with Crippen molar-refractivity contribution >= 4 is 17.9 Å². The molecule has 0 amide bonds. The molecule has 2 aliphatic rings. The molecular weight excluding hydrogens is 252 g/mol. The molecule has 0 fully saturated rings. The van der Waals surface area contributed by atoms with Gasteiger partial charge in [0.05, 0.1) is 5.02 Å². The fourth-order valence-electron chi connectivity index (χ4n) is 2.85. The lowest BCUT2D eigenvalue weighted by molar-refractivity contribution is -0.107. The Morgan fingerprint density at radius 3 is 2.44 bits per heavy atom. The maximum absolute atomic E-state index is 10.9. The van der Waals surface area contributed by atoms with Gasteiger partial charge in [-0.25, -0.2) is 0 Å². The average Bonchev–Trinajstić information content (AvgIpc) is 2.88. The molecule has 2 aliphatic heterocycles. The molecule has 3 rings (SSSR count). The molecule has 0 saturated carbocycles. The van der Waals surface area contributed by atoms with Gasteiger partial charge in [-0.2, -0.15) is 0 Å². The molecule has 0 radical (unpaired) electrons. The van der Waals surface area contributed by atoms with E-state index >= 15 is 0 Å². The van der Waals surface area contributed by atoms with Crippen LogP contribution in [0.4, 0.5) is 0 Å². The number of fused-ring (bicyclic) bond motifs is 2. The molecule has 0 aliphatic carbocycles. The van der Waals surface area contributed by atoms with Crippen LogP contribution in [0.25, 0.3) is 0 Å². The van der Waals surface area contributed by atoms with Crippen LogP contribution in [0.5, 0.6) is 11.5 Å². The second-order valence-electron chi connectivity index (χ2n) is 5.04. The van der Waals surface area contributed by atoms with Crippen LogP contribution >= 0.6 is 11.6 Å². The predicted octanol–water partition coefficient (Wildman–Crippen LogP) is 2.73. The highest BCUT2D eigenvalue weighted by atomic mass is 35.5. The first kappa shape index (κ1) is 11.8. The lowest BCUT2D eigenvalue weighted by Crippen LogP contribution is -2.08. The summed E-state index contributed by atoms with van der Waals surface area (Å²) in [4.78, 5) is 10.9. The van der Waals surface area contributed by atoms with Gasteiger partial charge < -0.3 is 14.3 Å². The van der Waals surface area contributed by atoms with Gasteiger partial charge in [0.25, 0.3) is 0 Å². The van der Waals surface area contributed by atoms with Gasteiger partial charge in [0.15, 0.2) is 0 Å². The van der Waals surface area contributed by atoms with E-state index in [9.17, 15) is 4.79 Å². The van der Waals surface area contributed by atoms with Crippen molar-refractivity contribution in [1.29, 1.82) is 0 Å². The Hall–Kier alpha value is -1.22. The molecule has 96 valence electrons. The molecule has 1 aromatic rings. The van der Waals surface area contributed by atoms with E-state index in [1.165, 1.54) is 0 Å². The number of halogens is 1. The summed E-state index contributed by atoms with van der Waals surface area (Å²) in [5.41, 5.74) is 3.01. The minimum absolute atomic E-state index is 0.114. The minimum Gasteiger partial charge on any atom is -0.490 e. The number of benzene rings is 1. The minimum atomic E-state index is 0.114. The van der Waals surface area contributed by atoms with Gasteiger partial charge in [-0.1, -0.05) is 11.6 Å². The zero-order chi connectivity index (χ0) is 12.9. The molecule has 2 atom stereocenters. The Labute approximate surface area is 111 Å². The molecule has 0 spiro atoms. The van der Waals surface area contributed by atoms with Crippen LogP contribution in [0.3, 0.4) is 0 Å². The van der Waals surface area contributed by atoms with E-state index in [1.54, 1.807) is 0 Å².